The first kappa shape index (κ1) is 22.9. The second-order valence-corrected chi connectivity index (χ2v) is 10.7. The lowest BCUT2D eigenvalue weighted by Gasteiger charge is -2.19. The monoisotopic (exact) mass is 469 g/mol. The molecule has 10 heteroatoms. The molecule has 3 heterocycles. The Bertz CT molecular complexity index is 1280. The molecule has 174 valence electrons. The number of nitrogens with one attached hydrogen (secondary N) is 1. The molecule has 0 bridgehead atoms. The van der Waals surface area contributed by atoms with Crippen molar-refractivity contribution in [2.24, 2.45) is 0 Å². The van der Waals surface area contributed by atoms with Crippen LogP contribution in [0.2, 0.25) is 0 Å². The predicted molar refractivity (Wildman–Crippen MR) is 122 cm³/mol. The number of hydrogen-bond acceptors (Lipinski definition) is 7. The van der Waals surface area contributed by atoms with Crippen LogP contribution in [0.1, 0.15) is 67.0 Å². The van der Waals surface area contributed by atoms with Crippen LogP contribution in [-0.4, -0.2) is 41.2 Å². The highest BCUT2D eigenvalue weighted by Gasteiger charge is 2.31. The van der Waals surface area contributed by atoms with Gasteiger partial charge in [0, 0.05) is 35.1 Å². The Morgan fingerprint density at radius 1 is 1.18 bits per heavy atom. The highest BCUT2D eigenvalue weighted by atomic mass is 32.2. The van der Waals surface area contributed by atoms with Gasteiger partial charge in [0.25, 0.3) is 15.9 Å². The largest absolute Gasteiger partial charge is 0.494 e. The lowest BCUT2D eigenvalue weighted by Crippen LogP contribution is -2.33. The van der Waals surface area contributed by atoms with E-state index in [0.717, 1.165) is 24.1 Å². The van der Waals surface area contributed by atoms with E-state index in [9.17, 15) is 13.2 Å². The van der Waals surface area contributed by atoms with E-state index in [1.54, 1.807) is 23.0 Å². The molecule has 1 amide bonds. The standard InChI is InChI=1S/C23H27N5O4S/c1-23(2,3)19-11-10-18(32-4)22(26-19)33(30,31)27-21(29)17-9-8-16(14-28-13-5-12-24-28)20(25-17)15-6-7-15/h5,8-13,15H,6-7,14H2,1-4H3,(H,27,29). The van der Waals surface area contributed by atoms with Crippen molar-refractivity contribution in [2.75, 3.05) is 7.11 Å². The molecule has 9 nitrogen and oxygen atoms in total. The van der Waals surface area contributed by atoms with Crippen LogP contribution in [0, 0.1) is 0 Å². The zero-order valence-corrected chi connectivity index (χ0v) is 19.9. The van der Waals surface area contributed by atoms with Crippen molar-refractivity contribution < 1.29 is 17.9 Å². The maximum Gasteiger partial charge on any atom is 0.285 e. The number of pyridine rings is 2. The number of carbonyl (C=O) groups excluding carboxylic acids is 1. The SMILES string of the molecule is COc1ccc(C(C)(C)C)nc1S(=O)(=O)NC(=O)c1ccc(Cn2cccn2)c(C2CC2)n1. The van der Waals surface area contributed by atoms with Gasteiger partial charge in [-0.3, -0.25) is 9.48 Å². The van der Waals surface area contributed by atoms with Gasteiger partial charge in [-0.1, -0.05) is 26.8 Å². The van der Waals surface area contributed by atoms with Crippen LogP contribution in [0.3, 0.4) is 0 Å². The van der Waals surface area contributed by atoms with Crippen LogP contribution >= 0.6 is 0 Å². The highest BCUT2D eigenvalue weighted by Crippen LogP contribution is 2.41. The van der Waals surface area contributed by atoms with E-state index in [2.05, 4.69) is 19.8 Å². The molecule has 0 unspecified atom stereocenters. The highest BCUT2D eigenvalue weighted by molar-refractivity contribution is 7.90. The van der Waals surface area contributed by atoms with Crippen molar-refractivity contribution in [1.29, 1.82) is 0 Å². The molecule has 1 aliphatic carbocycles. The molecule has 3 aromatic rings. The maximum absolute atomic E-state index is 13.1. The topological polar surface area (TPSA) is 116 Å². The minimum absolute atomic E-state index is 0.0376. The van der Waals surface area contributed by atoms with E-state index in [4.69, 9.17) is 4.74 Å². The second kappa shape index (κ2) is 8.58. The molecule has 0 aliphatic heterocycles. The van der Waals surface area contributed by atoms with Gasteiger partial charge >= 0.3 is 0 Å². The number of hydrogen-bond donors (Lipinski definition) is 1. The van der Waals surface area contributed by atoms with Gasteiger partial charge in [0.15, 0.2) is 5.75 Å². The molecule has 4 rings (SSSR count). The van der Waals surface area contributed by atoms with Gasteiger partial charge in [-0.2, -0.15) is 13.5 Å². The van der Waals surface area contributed by atoms with Crippen LogP contribution in [0.15, 0.2) is 47.8 Å². The third-order valence-electron chi connectivity index (χ3n) is 5.40. The van der Waals surface area contributed by atoms with Crippen LogP contribution in [0.25, 0.3) is 0 Å². The first-order valence-corrected chi connectivity index (χ1v) is 12.2. The first-order chi connectivity index (χ1) is 15.6. The van der Waals surface area contributed by atoms with E-state index in [0.29, 0.717) is 12.2 Å². The summed E-state index contributed by atoms with van der Waals surface area (Å²) < 4.78 is 35.2. The summed E-state index contributed by atoms with van der Waals surface area (Å²) in [5, 5.41) is 3.89. The molecule has 0 aromatic carbocycles. The molecule has 0 spiro atoms. The van der Waals surface area contributed by atoms with Gasteiger partial charge in [0.2, 0.25) is 5.03 Å². The summed E-state index contributed by atoms with van der Waals surface area (Å²) in [6.07, 6.45) is 5.54. The lowest BCUT2D eigenvalue weighted by atomic mass is 9.92. The van der Waals surface area contributed by atoms with E-state index in [1.807, 2.05) is 39.1 Å². The predicted octanol–water partition coefficient (Wildman–Crippen LogP) is 3.02. The summed E-state index contributed by atoms with van der Waals surface area (Å²) in [6, 6.07) is 8.43. The molecule has 0 radical (unpaired) electrons. The molecule has 33 heavy (non-hydrogen) atoms. The third-order valence-corrected chi connectivity index (χ3v) is 6.65. The van der Waals surface area contributed by atoms with E-state index >= 15 is 0 Å². The van der Waals surface area contributed by atoms with Gasteiger partial charge < -0.3 is 4.74 Å². The smallest absolute Gasteiger partial charge is 0.285 e. The summed E-state index contributed by atoms with van der Waals surface area (Å²) in [7, 11) is -2.93. The quantitative estimate of drug-likeness (QED) is 0.565. The molecular weight excluding hydrogens is 442 g/mol. The van der Waals surface area contributed by atoms with E-state index < -0.39 is 15.9 Å². The summed E-state index contributed by atoms with van der Waals surface area (Å²) in [5.41, 5.74) is 1.98. The van der Waals surface area contributed by atoms with Gasteiger partial charge in [-0.15, -0.1) is 0 Å². The molecule has 1 aliphatic rings. The Morgan fingerprint density at radius 3 is 2.55 bits per heavy atom. The molecule has 0 atom stereocenters. The van der Waals surface area contributed by atoms with Crippen molar-refractivity contribution in [1.82, 2.24) is 24.5 Å². The zero-order chi connectivity index (χ0) is 23.8. The summed E-state index contributed by atoms with van der Waals surface area (Å²) >= 11 is 0. The molecule has 1 N–H and O–H groups in total. The number of rotatable bonds is 7. The van der Waals surface area contributed by atoms with Crippen LogP contribution in [0.4, 0.5) is 0 Å². The average molecular weight is 470 g/mol. The van der Waals surface area contributed by atoms with Crippen LogP contribution in [0.5, 0.6) is 5.75 Å². The van der Waals surface area contributed by atoms with Gasteiger partial charge in [-0.05, 0) is 42.7 Å². The minimum Gasteiger partial charge on any atom is -0.494 e. The molecule has 1 saturated carbocycles. The fraction of sp³-hybridized carbons (Fsp3) is 0.391. The fourth-order valence-electron chi connectivity index (χ4n) is 3.46. The zero-order valence-electron chi connectivity index (χ0n) is 19.1. The Kier molecular flexibility index (Phi) is 5.96. The first-order valence-electron chi connectivity index (χ1n) is 10.7. The minimum atomic E-state index is -4.29. The average Bonchev–Trinajstić information content (AvgIpc) is 3.48. The van der Waals surface area contributed by atoms with Crippen LogP contribution < -0.4 is 9.46 Å². The van der Waals surface area contributed by atoms with Crippen molar-refractivity contribution >= 4 is 15.9 Å². The Morgan fingerprint density at radius 2 is 1.94 bits per heavy atom. The van der Waals surface area contributed by atoms with E-state index in [1.165, 1.54) is 13.2 Å². The molecule has 0 saturated heterocycles. The summed E-state index contributed by atoms with van der Waals surface area (Å²) in [6.45, 7) is 6.30. The third kappa shape index (κ3) is 5.05. The summed E-state index contributed by atoms with van der Waals surface area (Å²) in [5.74, 6) is -0.484. The van der Waals surface area contributed by atoms with Crippen molar-refractivity contribution in [3.05, 3.63) is 65.4 Å². The number of nitrogens with zero attached hydrogens (tertiary/aromatic N) is 4. The summed E-state index contributed by atoms with van der Waals surface area (Å²) in [4.78, 5) is 21.7. The van der Waals surface area contributed by atoms with Crippen molar-refractivity contribution in [3.63, 3.8) is 0 Å². The number of methoxy groups -OCH3 is 1. The van der Waals surface area contributed by atoms with E-state index in [-0.39, 0.29) is 27.8 Å². The maximum atomic E-state index is 13.1. The fourth-order valence-corrected chi connectivity index (χ4v) is 4.54. The van der Waals surface area contributed by atoms with Crippen molar-refractivity contribution in [2.45, 2.75) is 56.5 Å². The van der Waals surface area contributed by atoms with Gasteiger partial charge in [0.1, 0.15) is 5.69 Å². The lowest BCUT2D eigenvalue weighted by molar-refractivity contribution is 0.0976. The van der Waals surface area contributed by atoms with Gasteiger partial charge in [-0.25, -0.2) is 14.7 Å². The number of ether oxygens (including phenoxy) is 1. The Hall–Kier alpha value is -3.27. The normalized spacial score (nSPS) is 14.2. The molecular formula is C23H27N5O4S. The van der Waals surface area contributed by atoms with Crippen molar-refractivity contribution in [3.8, 4) is 5.75 Å². The second-order valence-electron chi connectivity index (χ2n) is 9.11. The molecule has 1 fully saturated rings. The van der Waals surface area contributed by atoms with Gasteiger partial charge in [0.05, 0.1) is 13.7 Å². The number of carbonyl (C=O) groups is 1. The Balaban J connectivity index is 1.62. The number of aromatic nitrogens is 4. The number of amides is 1. The molecule has 3 aromatic heterocycles. The van der Waals surface area contributed by atoms with Crippen LogP contribution in [-0.2, 0) is 22.0 Å². The Labute approximate surface area is 193 Å². The number of sulfonamides is 1.